The molecule has 1 aliphatic rings. The number of benzene rings is 1. The number of amides is 1. The second-order valence-corrected chi connectivity index (χ2v) is 7.07. The molecule has 2 N–H and O–H groups in total. The highest BCUT2D eigenvalue weighted by Gasteiger charge is 2.34. The van der Waals surface area contributed by atoms with Crippen LogP contribution in [0.25, 0.3) is 0 Å². The standard InChI is InChI=1S/C16H22ClFN2O2/c1-16(2,3)14(19)15(21)20-6-7-22-13(9-20)10-4-5-12(18)11(17)8-10/h4-5,8,13-14H,6-7,9,19H2,1-3H3/t13-,14-/m1/s1. The molecule has 4 nitrogen and oxygen atoms in total. The molecular weight excluding hydrogens is 307 g/mol. The average Bonchev–Trinajstić information content (AvgIpc) is 2.47. The number of ether oxygens (including phenoxy) is 1. The van der Waals surface area contributed by atoms with Gasteiger partial charge in [0.2, 0.25) is 5.91 Å². The Balaban J connectivity index is 2.11. The molecule has 0 bridgehead atoms. The molecule has 1 aromatic rings. The minimum atomic E-state index is -0.567. The van der Waals surface area contributed by atoms with Gasteiger partial charge in [0.05, 0.1) is 24.2 Å². The van der Waals surface area contributed by atoms with E-state index in [1.807, 2.05) is 20.8 Å². The van der Waals surface area contributed by atoms with Gasteiger partial charge in [-0.1, -0.05) is 38.4 Å². The minimum Gasteiger partial charge on any atom is -0.370 e. The fraction of sp³-hybridized carbons (Fsp3) is 0.562. The summed E-state index contributed by atoms with van der Waals surface area (Å²) in [4.78, 5) is 14.2. The lowest BCUT2D eigenvalue weighted by molar-refractivity contribution is -0.142. The molecular formula is C16H22ClFN2O2. The van der Waals surface area contributed by atoms with Crippen molar-refractivity contribution in [1.29, 1.82) is 0 Å². The van der Waals surface area contributed by atoms with Crippen LogP contribution >= 0.6 is 11.6 Å². The molecule has 2 atom stereocenters. The van der Waals surface area contributed by atoms with E-state index in [-0.39, 0.29) is 22.4 Å². The number of hydrogen-bond donors (Lipinski definition) is 1. The van der Waals surface area contributed by atoms with E-state index in [4.69, 9.17) is 22.1 Å². The van der Waals surface area contributed by atoms with Crippen LogP contribution in [0.2, 0.25) is 5.02 Å². The molecule has 1 aliphatic heterocycles. The topological polar surface area (TPSA) is 55.6 Å². The largest absolute Gasteiger partial charge is 0.370 e. The van der Waals surface area contributed by atoms with Gasteiger partial charge in [0.1, 0.15) is 11.9 Å². The number of morpholine rings is 1. The lowest BCUT2D eigenvalue weighted by atomic mass is 9.86. The molecule has 0 aliphatic carbocycles. The van der Waals surface area contributed by atoms with E-state index in [9.17, 15) is 9.18 Å². The predicted octanol–water partition coefficient (Wildman–Crippen LogP) is 2.75. The van der Waals surface area contributed by atoms with Crippen molar-refractivity contribution in [2.75, 3.05) is 19.7 Å². The summed E-state index contributed by atoms with van der Waals surface area (Å²) in [6.07, 6.45) is -0.317. The first kappa shape index (κ1) is 17.2. The van der Waals surface area contributed by atoms with E-state index in [1.165, 1.54) is 6.07 Å². The SMILES string of the molecule is CC(C)(C)[C@H](N)C(=O)N1CCO[C@@H](c2ccc(F)c(Cl)c2)C1. The Morgan fingerprint density at radius 2 is 2.18 bits per heavy atom. The van der Waals surface area contributed by atoms with Gasteiger partial charge >= 0.3 is 0 Å². The lowest BCUT2D eigenvalue weighted by Crippen LogP contribution is -2.53. The first-order valence-electron chi connectivity index (χ1n) is 7.31. The summed E-state index contributed by atoms with van der Waals surface area (Å²) in [7, 11) is 0. The Morgan fingerprint density at radius 3 is 2.77 bits per heavy atom. The highest BCUT2D eigenvalue weighted by Crippen LogP contribution is 2.27. The summed E-state index contributed by atoms with van der Waals surface area (Å²) in [6, 6.07) is 3.91. The van der Waals surface area contributed by atoms with E-state index in [1.54, 1.807) is 17.0 Å². The maximum absolute atomic E-state index is 13.3. The third-order valence-electron chi connectivity index (χ3n) is 3.89. The second-order valence-electron chi connectivity index (χ2n) is 6.66. The maximum atomic E-state index is 13.3. The third-order valence-corrected chi connectivity index (χ3v) is 4.18. The summed E-state index contributed by atoms with van der Waals surface area (Å²) in [5.41, 5.74) is 6.51. The van der Waals surface area contributed by atoms with Gasteiger partial charge in [-0.3, -0.25) is 4.79 Å². The molecule has 6 heteroatoms. The van der Waals surface area contributed by atoms with Crippen LogP contribution in [0.1, 0.15) is 32.4 Å². The highest BCUT2D eigenvalue weighted by molar-refractivity contribution is 6.30. The minimum absolute atomic E-state index is 0.0518. The first-order chi connectivity index (χ1) is 10.2. The maximum Gasteiger partial charge on any atom is 0.240 e. The normalized spacial score (nSPS) is 20.8. The molecule has 0 radical (unpaired) electrons. The third kappa shape index (κ3) is 3.77. The van der Waals surface area contributed by atoms with Crippen LogP contribution in [0.15, 0.2) is 18.2 Å². The average molecular weight is 329 g/mol. The van der Waals surface area contributed by atoms with Crippen LogP contribution in [0.5, 0.6) is 0 Å². The monoisotopic (exact) mass is 328 g/mol. The fourth-order valence-corrected chi connectivity index (χ4v) is 2.52. The van der Waals surface area contributed by atoms with Gasteiger partial charge in [-0.15, -0.1) is 0 Å². The summed E-state index contributed by atoms with van der Waals surface area (Å²) in [5, 5.41) is 0.0518. The van der Waals surface area contributed by atoms with E-state index < -0.39 is 11.9 Å². The number of rotatable bonds is 2. The number of carbonyl (C=O) groups is 1. The number of halogens is 2. The number of carbonyl (C=O) groups excluding carboxylic acids is 1. The number of hydrogen-bond acceptors (Lipinski definition) is 3. The van der Waals surface area contributed by atoms with Crippen molar-refractivity contribution in [3.05, 3.63) is 34.6 Å². The Labute approximate surface area is 135 Å². The van der Waals surface area contributed by atoms with Crippen molar-refractivity contribution in [1.82, 2.24) is 4.90 Å². The Hall–Kier alpha value is -1.17. The summed E-state index contributed by atoms with van der Waals surface area (Å²) < 4.78 is 18.9. The van der Waals surface area contributed by atoms with E-state index in [0.717, 1.165) is 5.56 Å². The van der Waals surface area contributed by atoms with Crippen molar-refractivity contribution >= 4 is 17.5 Å². The van der Waals surface area contributed by atoms with E-state index in [0.29, 0.717) is 19.7 Å². The van der Waals surface area contributed by atoms with Crippen molar-refractivity contribution in [3.63, 3.8) is 0 Å². The molecule has 1 fully saturated rings. The zero-order valence-corrected chi connectivity index (χ0v) is 13.9. The summed E-state index contributed by atoms with van der Waals surface area (Å²) >= 11 is 5.81. The molecule has 1 saturated heterocycles. The number of nitrogens with two attached hydrogens (primary N) is 1. The van der Waals surface area contributed by atoms with Crippen LogP contribution in [-0.2, 0) is 9.53 Å². The molecule has 0 spiro atoms. The van der Waals surface area contributed by atoms with Gasteiger partial charge in [0.25, 0.3) is 0 Å². The van der Waals surface area contributed by atoms with Crippen LogP contribution in [0.4, 0.5) is 4.39 Å². The molecule has 0 saturated carbocycles. The molecule has 1 aromatic carbocycles. The van der Waals surface area contributed by atoms with Gasteiger partial charge in [-0.2, -0.15) is 0 Å². The highest BCUT2D eigenvalue weighted by atomic mass is 35.5. The molecule has 0 unspecified atom stereocenters. The molecule has 0 aromatic heterocycles. The van der Waals surface area contributed by atoms with Crippen molar-refractivity contribution in [2.24, 2.45) is 11.1 Å². The molecule has 1 amide bonds. The van der Waals surface area contributed by atoms with Crippen molar-refractivity contribution in [3.8, 4) is 0 Å². The first-order valence-corrected chi connectivity index (χ1v) is 7.69. The van der Waals surface area contributed by atoms with E-state index >= 15 is 0 Å². The van der Waals surface area contributed by atoms with Crippen LogP contribution in [0.3, 0.4) is 0 Å². The molecule has 1 heterocycles. The van der Waals surface area contributed by atoms with Crippen LogP contribution in [-0.4, -0.2) is 36.5 Å². The van der Waals surface area contributed by atoms with Crippen LogP contribution in [0, 0.1) is 11.2 Å². The van der Waals surface area contributed by atoms with Crippen molar-refractivity contribution in [2.45, 2.75) is 32.9 Å². The van der Waals surface area contributed by atoms with Gasteiger partial charge in [-0.05, 0) is 23.1 Å². The van der Waals surface area contributed by atoms with Crippen molar-refractivity contribution < 1.29 is 13.9 Å². The quantitative estimate of drug-likeness (QED) is 0.908. The van der Waals surface area contributed by atoms with Gasteiger partial charge in [0, 0.05) is 6.54 Å². The second kappa shape index (κ2) is 6.52. The lowest BCUT2D eigenvalue weighted by Gasteiger charge is -2.37. The van der Waals surface area contributed by atoms with Gasteiger partial charge < -0.3 is 15.4 Å². The Bertz CT molecular complexity index is 560. The Morgan fingerprint density at radius 1 is 1.50 bits per heavy atom. The summed E-state index contributed by atoms with van der Waals surface area (Å²) in [5.74, 6) is -0.557. The predicted molar refractivity (Wildman–Crippen MR) is 84.1 cm³/mol. The molecule has 122 valence electrons. The fourth-order valence-electron chi connectivity index (χ4n) is 2.33. The zero-order valence-electron chi connectivity index (χ0n) is 13.1. The van der Waals surface area contributed by atoms with E-state index in [2.05, 4.69) is 0 Å². The smallest absolute Gasteiger partial charge is 0.240 e. The van der Waals surface area contributed by atoms with Gasteiger partial charge in [0.15, 0.2) is 0 Å². The molecule has 2 rings (SSSR count). The number of nitrogens with zero attached hydrogens (tertiary/aromatic N) is 1. The van der Waals surface area contributed by atoms with Gasteiger partial charge in [-0.25, -0.2) is 4.39 Å². The van der Waals surface area contributed by atoms with Crippen LogP contribution < -0.4 is 5.73 Å². The summed E-state index contributed by atoms with van der Waals surface area (Å²) in [6.45, 7) is 7.13. The zero-order chi connectivity index (χ0) is 16.5. The Kier molecular flexibility index (Phi) is 5.10. The molecule has 22 heavy (non-hydrogen) atoms.